The Bertz CT molecular complexity index is 898. The van der Waals surface area contributed by atoms with E-state index in [1.165, 1.54) is 0 Å². The van der Waals surface area contributed by atoms with Gasteiger partial charge in [-0.3, -0.25) is 0 Å². The molecule has 0 aromatic heterocycles. The molecule has 0 spiro atoms. The number of aliphatic hydroxyl groups excluding tert-OH is 1. The van der Waals surface area contributed by atoms with Crippen molar-refractivity contribution in [1.82, 2.24) is 5.32 Å². The van der Waals surface area contributed by atoms with E-state index >= 15 is 0 Å². The van der Waals surface area contributed by atoms with Crippen LogP contribution in [0, 0.1) is 0 Å². The lowest BCUT2D eigenvalue weighted by Crippen LogP contribution is -2.44. The van der Waals surface area contributed by atoms with Crippen LogP contribution in [-0.2, 0) is 9.84 Å². The number of fused-ring (bicyclic) bond motifs is 1. The van der Waals surface area contributed by atoms with Crippen molar-refractivity contribution in [3.63, 3.8) is 0 Å². The highest BCUT2D eigenvalue weighted by Crippen LogP contribution is 2.38. The van der Waals surface area contributed by atoms with E-state index in [2.05, 4.69) is 5.32 Å². The van der Waals surface area contributed by atoms with Gasteiger partial charge in [0.15, 0.2) is 9.84 Å². The van der Waals surface area contributed by atoms with E-state index in [1.807, 2.05) is 50.2 Å². The third kappa shape index (κ3) is 3.95. The smallest absolute Gasteiger partial charge is 0.183 e. The number of sulfone groups is 1. The Labute approximate surface area is 167 Å². The zero-order valence-corrected chi connectivity index (χ0v) is 17.4. The molecule has 1 heterocycles. The van der Waals surface area contributed by atoms with Gasteiger partial charge in [-0.2, -0.15) is 0 Å². The predicted octanol–water partition coefficient (Wildman–Crippen LogP) is 3.47. The van der Waals surface area contributed by atoms with Gasteiger partial charge in [-0.05, 0) is 48.6 Å². The molecule has 0 saturated carbocycles. The van der Waals surface area contributed by atoms with Crippen molar-refractivity contribution >= 4 is 9.84 Å². The van der Waals surface area contributed by atoms with Crippen LogP contribution < -0.4 is 10.1 Å². The van der Waals surface area contributed by atoms with Crippen LogP contribution in [0.3, 0.4) is 0 Å². The second-order valence-electron chi connectivity index (χ2n) is 7.31. The first-order valence-corrected chi connectivity index (χ1v) is 11.4. The quantitative estimate of drug-likeness (QED) is 0.772. The van der Waals surface area contributed by atoms with E-state index in [-0.39, 0.29) is 18.5 Å². The van der Waals surface area contributed by atoms with Gasteiger partial charge in [0.25, 0.3) is 0 Å². The van der Waals surface area contributed by atoms with Crippen LogP contribution in [0.15, 0.2) is 53.4 Å². The van der Waals surface area contributed by atoms with Crippen molar-refractivity contribution in [2.24, 2.45) is 0 Å². The number of hydrogen-bond donors (Lipinski definition) is 2. The molecule has 2 N–H and O–H groups in total. The molecule has 4 atom stereocenters. The number of aliphatic hydroxyl groups is 1. The number of nitrogens with one attached hydrogen (secondary N) is 1. The van der Waals surface area contributed by atoms with Crippen molar-refractivity contribution in [3.8, 4) is 5.75 Å². The molecule has 0 saturated heterocycles. The molecular formula is C22H29NO4S. The first-order valence-electron chi connectivity index (χ1n) is 9.83. The van der Waals surface area contributed by atoms with Crippen LogP contribution in [0.4, 0.5) is 0 Å². The van der Waals surface area contributed by atoms with Gasteiger partial charge in [0.1, 0.15) is 5.75 Å². The molecule has 2 aromatic carbocycles. The summed E-state index contributed by atoms with van der Waals surface area (Å²) in [5.41, 5.74) is 1.69. The van der Waals surface area contributed by atoms with E-state index in [4.69, 9.17) is 4.74 Å². The van der Waals surface area contributed by atoms with Gasteiger partial charge in [0.2, 0.25) is 0 Å². The topological polar surface area (TPSA) is 75.6 Å². The van der Waals surface area contributed by atoms with Gasteiger partial charge in [-0.25, -0.2) is 8.42 Å². The summed E-state index contributed by atoms with van der Waals surface area (Å²) in [5, 5.41) is 13.1. The van der Waals surface area contributed by atoms with Crippen LogP contribution in [0.2, 0.25) is 0 Å². The molecule has 3 rings (SSSR count). The Hall–Kier alpha value is -1.89. The summed E-state index contributed by atoms with van der Waals surface area (Å²) in [6.07, 6.45) is 0.747. The number of hydrogen-bond acceptors (Lipinski definition) is 5. The van der Waals surface area contributed by atoms with Gasteiger partial charge >= 0.3 is 0 Å². The van der Waals surface area contributed by atoms with Crippen LogP contribution in [0.25, 0.3) is 0 Å². The fourth-order valence-electron chi connectivity index (χ4n) is 3.96. The molecule has 0 aliphatic carbocycles. The number of rotatable bonds is 6. The fourth-order valence-corrected chi connectivity index (χ4v) is 6.22. The second-order valence-corrected chi connectivity index (χ2v) is 9.45. The summed E-state index contributed by atoms with van der Waals surface area (Å²) >= 11 is 0. The minimum Gasteiger partial charge on any atom is -0.497 e. The number of ether oxygens (including phenoxy) is 1. The number of methoxy groups -OCH3 is 1. The van der Waals surface area contributed by atoms with Crippen LogP contribution in [0.1, 0.15) is 50.3 Å². The van der Waals surface area contributed by atoms with Crippen LogP contribution >= 0.6 is 0 Å². The molecular weight excluding hydrogens is 374 g/mol. The highest BCUT2D eigenvalue weighted by Gasteiger charge is 2.41. The van der Waals surface area contributed by atoms with Crippen LogP contribution in [0.5, 0.6) is 5.75 Å². The Morgan fingerprint density at radius 2 is 1.86 bits per heavy atom. The SMILES string of the molecule is CC[C@@H](O)C[C@@H]1[C@@H](CC)NC(c2ccccc2)c2cc(OC)ccc2S1(=O)=O. The molecule has 0 bridgehead atoms. The highest BCUT2D eigenvalue weighted by molar-refractivity contribution is 7.92. The summed E-state index contributed by atoms with van der Waals surface area (Å²) in [5.74, 6) is 0.622. The van der Waals surface area contributed by atoms with Crippen molar-refractivity contribution in [1.29, 1.82) is 0 Å². The molecule has 5 nitrogen and oxygen atoms in total. The lowest BCUT2D eigenvalue weighted by atomic mass is 9.95. The summed E-state index contributed by atoms with van der Waals surface area (Å²) < 4.78 is 32.6. The zero-order valence-electron chi connectivity index (χ0n) is 16.6. The van der Waals surface area contributed by atoms with Crippen molar-refractivity contribution in [3.05, 3.63) is 59.7 Å². The molecule has 2 aromatic rings. The van der Waals surface area contributed by atoms with Crippen LogP contribution in [-0.4, -0.2) is 38.0 Å². The maximum absolute atomic E-state index is 13.6. The first-order chi connectivity index (χ1) is 13.4. The molecule has 0 amide bonds. The third-order valence-corrected chi connectivity index (χ3v) is 7.91. The molecule has 0 fully saturated rings. The Balaban J connectivity index is 2.21. The largest absolute Gasteiger partial charge is 0.497 e. The maximum atomic E-state index is 13.6. The van der Waals surface area contributed by atoms with Gasteiger partial charge in [-0.15, -0.1) is 0 Å². The minimum atomic E-state index is -3.63. The Kier molecular flexibility index (Phi) is 6.43. The van der Waals surface area contributed by atoms with E-state index in [9.17, 15) is 13.5 Å². The molecule has 1 unspecified atom stereocenters. The average Bonchev–Trinajstić information content (AvgIpc) is 2.81. The van der Waals surface area contributed by atoms with Gasteiger partial charge in [-0.1, -0.05) is 44.2 Å². The molecule has 0 radical (unpaired) electrons. The summed E-state index contributed by atoms with van der Waals surface area (Å²) in [4.78, 5) is 0.318. The van der Waals surface area contributed by atoms with Crippen molar-refractivity contribution in [2.75, 3.05) is 7.11 Å². The van der Waals surface area contributed by atoms with E-state index in [0.29, 0.717) is 29.1 Å². The summed E-state index contributed by atoms with van der Waals surface area (Å²) in [6.45, 7) is 3.85. The average molecular weight is 404 g/mol. The fraction of sp³-hybridized carbons (Fsp3) is 0.455. The normalized spacial score (nSPS) is 24.8. The monoisotopic (exact) mass is 403 g/mol. The lowest BCUT2D eigenvalue weighted by molar-refractivity contribution is 0.153. The highest BCUT2D eigenvalue weighted by atomic mass is 32.2. The molecule has 1 aliphatic heterocycles. The first kappa shape index (κ1) is 20.8. The van der Waals surface area contributed by atoms with E-state index in [0.717, 1.165) is 5.56 Å². The predicted molar refractivity (Wildman–Crippen MR) is 110 cm³/mol. The van der Waals surface area contributed by atoms with E-state index in [1.54, 1.807) is 19.2 Å². The zero-order chi connectivity index (χ0) is 20.3. The molecule has 6 heteroatoms. The summed E-state index contributed by atoms with van der Waals surface area (Å²) in [6, 6.07) is 14.5. The van der Waals surface area contributed by atoms with Gasteiger partial charge in [0, 0.05) is 6.04 Å². The standard InChI is InChI=1S/C22H29NO4S/c1-4-16(24)13-21-19(5-2)23-22(15-9-7-6-8-10-15)18-14-17(27-3)11-12-20(18)28(21,25)26/h6-12,14,16,19,21-24H,4-5,13H2,1-3H3/t16-,19-,21-,22?/m1/s1. The van der Waals surface area contributed by atoms with Crippen molar-refractivity contribution < 1.29 is 18.3 Å². The van der Waals surface area contributed by atoms with Gasteiger partial charge < -0.3 is 15.2 Å². The number of benzene rings is 2. The second kappa shape index (κ2) is 8.64. The lowest BCUT2D eigenvalue weighted by Gasteiger charge is -2.28. The van der Waals surface area contributed by atoms with Gasteiger partial charge in [0.05, 0.1) is 29.4 Å². The molecule has 1 aliphatic rings. The molecule has 152 valence electrons. The maximum Gasteiger partial charge on any atom is 0.183 e. The molecule has 28 heavy (non-hydrogen) atoms. The minimum absolute atomic E-state index is 0.220. The summed E-state index contributed by atoms with van der Waals surface area (Å²) in [7, 11) is -2.05. The Morgan fingerprint density at radius 3 is 2.46 bits per heavy atom. The van der Waals surface area contributed by atoms with Crippen molar-refractivity contribution in [2.45, 2.75) is 61.4 Å². The van der Waals surface area contributed by atoms with E-state index < -0.39 is 21.2 Å². The Morgan fingerprint density at radius 1 is 1.14 bits per heavy atom. The third-order valence-electron chi connectivity index (χ3n) is 5.61.